The number of halogens is 1. The number of para-hydroxylation sites is 1. The molecule has 0 unspecified atom stereocenters. The van der Waals surface area contributed by atoms with Gasteiger partial charge in [-0.15, -0.1) is 0 Å². The SMILES string of the molecule is COc1ccc(C2=NN3[C@H](C2)c2ccccc2O[C@H]3c2ccc(Cl)cc2)c(OC)c1. The van der Waals surface area contributed by atoms with Gasteiger partial charge in [0, 0.05) is 34.2 Å². The number of rotatable bonds is 4. The topological polar surface area (TPSA) is 43.3 Å². The molecule has 0 fully saturated rings. The van der Waals surface area contributed by atoms with Gasteiger partial charge in [-0.25, -0.2) is 5.01 Å². The molecular weight excluding hydrogens is 400 g/mol. The van der Waals surface area contributed by atoms with Crippen LogP contribution in [0.2, 0.25) is 5.02 Å². The van der Waals surface area contributed by atoms with Crippen molar-refractivity contribution in [1.82, 2.24) is 5.01 Å². The van der Waals surface area contributed by atoms with Gasteiger partial charge in [-0.3, -0.25) is 0 Å². The van der Waals surface area contributed by atoms with E-state index < -0.39 is 0 Å². The molecule has 0 amide bonds. The van der Waals surface area contributed by atoms with E-state index in [4.69, 9.17) is 30.9 Å². The van der Waals surface area contributed by atoms with Gasteiger partial charge < -0.3 is 14.2 Å². The van der Waals surface area contributed by atoms with Gasteiger partial charge in [-0.05, 0) is 30.3 Å². The highest BCUT2D eigenvalue weighted by molar-refractivity contribution is 6.30. The first-order valence-electron chi connectivity index (χ1n) is 9.77. The Kier molecular flexibility index (Phi) is 4.75. The molecule has 2 heterocycles. The van der Waals surface area contributed by atoms with Crippen LogP contribution in [0.1, 0.15) is 35.4 Å². The summed E-state index contributed by atoms with van der Waals surface area (Å²) in [5.41, 5.74) is 4.05. The normalized spacial score (nSPS) is 19.4. The lowest BCUT2D eigenvalue weighted by atomic mass is 9.95. The molecule has 2 aliphatic heterocycles. The van der Waals surface area contributed by atoms with Gasteiger partial charge >= 0.3 is 0 Å². The van der Waals surface area contributed by atoms with Crippen LogP contribution < -0.4 is 14.2 Å². The van der Waals surface area contributed by atoms with Crippen molar-refractivity contribution < 1.29 is 14.2 Å². The van der Waals surface area contributed by atoms with Crippen molar-refractivity contribution in [2.45, 2.75) is 18.7 Å². The summed E-state index contributed by atoms with van der Waals surface area (Å²) < 4.78 is 17.3. The van der Waals surface area contributed by atoms with Crippen LogP contribution in [0.5, 0.6) is 17.2 Å². The van der Waals surface area contributed by atoms with Crippen LogP contribution in [0, 0.1) is 0 Å². The summed E-state index contributed by atoms with van der Waals surface area (Å²) in [7, 11) is 3.31. The summed E-state index contributed by atoms with van der Waals surface area (Å²) in [5.74, 6) is 2.38. The van der Waals surface area contributed by atoms with Crippen LogP contribution in [0.3, 0.4) is 0 Å². The second kappa shape index (κ2) is 7.58. The van der Waals surface area contributed by atoms with Gasteiger partial charge in [0.25, 0.3) is 0 Å². The number of nitrogens with zero attached hydrogens (tertiary/aromatic N) is 2. The van der Waals surface area contributed by atoms with Crippen molar-refractivity contribution in [3.05, 3.63) is 88.4 Å². The van der Waals surface area contributed by atoms with Crippen LogP contribution >= 0.6 is 11.6 Å². The number of hydrogen-bond acceptors (Lipinski definition) is 5. The van der Waals surface area contributed by atoms with E-state index in [1.165, 1.54) is 0 Å². The summed E-state index contributed by atoms with van der Waals surface area (Å²) in [6, 6.07) is 21.8. The van der Waals surface area contributed by atoms with E-state index in [2.05, 4.69) is 6.07 Å². The third-order valence-electron chi connectivity index (χ3n) is 5.57. The van der Waals surface area contributed by atoms with Gasteiger partial charge in [0.1, 0.15) is 17.2 Å². The summed E-state index contributed by atoms with van der Waals surface area (Å²) in [4.78, 5) is 0. The molecule has 0 saturated heterocycles. The van der Waals surface area contributed by atoms with Gasteiger partial charge in [0.15, 0.2) is 0 Å². The molecule has 0 spiro atoms. The lowest BCUT2D eigenvalue weighted by Crippen LogP contribution is -2.33. The number of benzene rings is 3. The molecule has 152 valence electrons. The van der Waals surface area contributed by atoms with Gasteiger partial charge in [-0.1, -0.05) is 41.9 Å². The number of ether oxygens (including phenoxy) is 3. The van der Waals surface area contributed by atoms with Crippen LogP contribution in [0.15, 0.2) is 71.8 Å². The second-order valence-corrected chi connectivity index (χ2v) is 7.71. The third-order valence-corrected chi connectivity index (χ3v) is 5.83. The average molecular weight is 421 g/mol. The Bertz CT molecular complexity index is 1110. The van der Waals surface area contributed by atoms with Gasteiger partial charge in [0.05, 0.1) is 26.0 Å². The summed E-state index contributed by atoms with van der Waals surface area (Å²) in [6.07, 6.45) is 0.427. The van der Waals surface area contributed by atoms with Crippen LogP contribution in [-0.2, 0) is 0 Å². The van der Waals surface area contributed by atoms with Crippen molar-refractivity contribution in [2.24, 2.45) is 5.10 Å². The van der Waals surface area contributed by atoms with Crippen molar-refractivity contribution in [1.29, 1.82) is 0 Å². The fourth-order valence-corrected chi connectivity index (χ4v) is 4.21. The lowest BCUT2D eigenvalue weighted by Gasteiger charge is -2.38. The van der Waals surface area contributed by atoms with Crippen LogP contribution in [0.25, 0.3) is 0 Å². The van der Waals surface area contributed by atoms with E-state index in [0.29, 0.717) is 5.02 Å². The highest BCUT2D eigenvalue weighted by Crippen LogP contribution is 2.48. The second-order valence-electron chi connectivity index (χ2n) is 7.27. The molecule has 2 aliphatic rings. The standard InChI is InChI=1S/C24H21ClN2O3/c1-28-17-11-12-18(23(13-17)29-2)20-14-21-19-5-3-4-6-22(19)30-24(27(21)26-20)15-7-9-16(25)10-8-15/h3-13,21,24H,14H2,1-2H3/t21-,24+/m1/s1. The Morgan fingerprint density at radius 1 is 1.00 bits per heavy atom. The maximum Gasteiger partial charge on any atom is 0.213 e. The first-order valence-corrected chi connectivity index (χ1v) is 10.1. The molecule has 0 bridgehead atoms. The summed E-state index contributed by atoms with van der Waals surface area (Å²) in [5, 5.41) is 7.74. The zero-order valence-electron chi connectivity index (χ0n) is 16.7. The molecule has 0 N–H and O–H groups in total. The first kappa shape index (κ1) is 18.8. The van der Waals surface area contributed by atoms with Gasteiger partial charge in [0.2, 0.25) is 6.23 Å². The summed E-state index contributed by atoms with van der Waals surface area (Å²) in [6.45, 7) is 0. The first-order chi connectivity index (χ1) is 14.7. The van der Waals surface area contributed by atoms with Gasteiger partial charge in [-0.2, -0.15) is 5.10 Å². The monoisotopic (exact) mass is 420 g/mol. The maximum atomic E-state index is 6.37. The molecule has 0 aliphatic carbocycles. The van der Waals surface area contributed by atoms with Crippen molar-refractivity contribution in [2.75, 3.05) is 14.2 Å². The average Bonchev–Trinajstić information content (AvgIpc) is 3.24. The zero-order chi connectivity index (χ0) is 20.7. The van der Waals surface area contributed by atoms with E-state index in [-0.39, 0.29) is 12.3 Å². The molecule has 0 radical (unpaired) electrons. The van der Waals surface area contributed by atoms with E-state index in [1.54, 1.807) is 14.2 Å². The van der Waals surface area contributed by atoms with Crippen molar-refractivity contribution in [3.8, 4) is 17.2 Å². The molecule has 0 aromatic heterocycles. The predicted octanol–water partition coefficient (Wildman–Crippen LogP) is 5.60. The molecule has 3 aromatic rings. The molecule has 3 aromatic carbocycles. The highest BCUT2D eigenvalue weighted by atomic mass is 35.5. The van der Waals surface area contributed by atoms with E-state index in [1.807, 2.05) is 65.7 Å². The minimum Gasteiger partial charge on any atom is -0.497 e. The molecule has 5 rings (SSSR count). The number of hydrogen-bond donors (Lipinski definition) is 0. The Morgan fingerprint density at radius 3 is 2.57 bits per heavy atom. The number of fused-ring (bicyclic) bond motifs is 3. The molecule has 0 saturated carbocycles. The fraction of sp³-hybridized carbons (Fsp3) is 0.208. The Balaban J connectivity index is 1.59. The number of methoxy groups -OCH3 is 2. The largest absolute Gasteiger partial charge is 0.497 e. The van der Waals surface area contributed by atoms with E-state index in [9.17, 15) is 0 Å². The quantitative estimate of drug-likeness (QED) is 0.551. The summed E-state index contributed by atoms with van der Waals surface area (Å²) >= 11 is 6.10. The zero-order valence-corrected chi connectivity index (χ0v) is 17.5. The smallest absolute Gasteiger partial charge is 0.213 e. The predicted molar refractivity (Wildman–Crippen MR) is 117 cm³/mol. The fourth-order valence-electron chi connectivity index (χ4n) is 4.08. The number of hydrazone groups is 1. The van der Waals surface area contributed by atoms with Crippen molar-refractivity contribution >= 4 is 17.3 Å². The Hall–Kier alpha value is -3.18. The molecular formula is C24H21ClN2O3. The maximum absolute atomic E-state index is 6.37. The third kappa shape index (κ3) is 3.15. The van der Waals surface area contributed by atoms with Crippen LogP contribution in [0.4, 0.5) is 0 Å². The highest BCUT2D eigenvalue weighted by Gasteiger charge is 2.41. The molecule has 2 atom stereocenters. The Labute approximate surface area is 180 Å². The van der Waals surface area contributed by atoms with Crippen LogP contribution in [-0.4, -0.2) is 24.9 Å². The lowest BCUT2D eigenvalue weighted by molar-refractivity contribution is -0.0190. The van der Waals surface area contributed by atoms with Crippen molar-refractivity contribution in [3.63, 3.8) is 0 Å². The minimum atomic E-state index is -0.330. The molecule has 30 heavy (non-hydrogen) atoms. The molecule has 6 heteroatoms. The van der Waals surface area contributed by atoms with E-state index >= 15 is 0 Å². The Morgan fingerprint density at radius 2 is 1.80 bits per heavy atom. The molecule has 5 nitrogen and oxygen atoms in total. The van der Waals surface area contributed by atoms with E-state index in [0.717, 1.165) is 46.1 Å². The minimum absolute atomic E-state index is 0.0810.